The maximum absolute atomic E-state index is 11.9. The fraction of sp³-hybridized carbons (Fsp3) is 0. The summed E-state index contributed by atoms with van der Waals surface area (Å²) < 4.78 is 6.19. The van der Waals surface area contributed by atoms with Gasteiger partial charge in [-0.05, 0) is 44.4 Å². The second kappa shape index (κ2) is 6.58. The number of fused-ring (bicyclic) bond motifs is 1. The van der Waals surface area contributed by atoms with Gasteiger partial charge < -0.3 is 4.74 Å². The number of carbonyl (C=O) groups excluding carboxylic acids is 1. The summed E-state index contributed by atoms with van der Waals surface area (Å²) in [6.07, 6.45) is 3.16. The second-order valence-corrected chi connectivity index (χ2v) is 5.56. The van der Waals surface area contributed by atoms with Crippen LogP contribution in [0, 0.1) is 0 Å². The molecule has 0 aliphatic rings. The molecule has 0 saturated carbocycles. The SMILES string of the molecule is O=C(/C=C/c1ccccc1)Oc1ccc2ccccc2c1Br. The third-order valence-electron chi connectivity index (χ3n) is 3.25. The van der Waals surface area contributed by atoms with Gasteiger partial charge in [-0.3, -0.25) is 0 Å². The van der Waals surface area contributed by atoms with Gasteiger partial charge in [0.15, 0.2) is 0 Å². The van der Waals surface area contributed by atoms with E-state index in [0.29, 0.717) is 5.75 Å². The molecule has 0 aromatic heterocycles. The first-order chi connectivity index (χ1) is 10.7. The van der Waals surface area contributed by atoms with Crippen molar-refractivity contribution in [3.8, 4) is 5.75 Å². The molecule has 3 rings (SSSR count). The van der Waals surface area contributed by atoms with Crippen LogP contribution in [-0.4, -0.2) is 5.97 Å². The van der Waals surface area contributed by atoms with Crippen LogP contribution in [0.5, 0.6) is 5.75 Å². The summed E-state index contributed by atoms with van der Waals surface area (Å²) in [5.74, 6) is 0.112. The Hall–Kier alpha value is -2.39. The van der Waals surface area contributed by atoms with Crippen molar-refractivity contribution in [1.82, 2.24) is 0 Å². The van der Waals surface area contributed by atoms with Gasteiger partial charge in [0.25, 0.3) is 0 Å². The molecule has 0 aliphatic carbocycles. The molecule has 0 spiro atoms. The Labute approximate surface area is 137 Å². The van der Waals surface area contributed by atoms with E-state index in [2.05, 4.69) is 15.9 Å². The normalized spacial score (nSPS) is 11.0. The van der Waals surface area contributed by atoms with Crippen LogP contribution < -0.4 is 4.74 Å². The van der Waals surface area contributed by atoms with Crippen molar-refractivity contribution in [1.29, 1.82) is 0 Å². The van der Waals surface area contributed by atoms with Gasteiger partial charge in [0.1, 0.15) is 5.75 Å². The van der Waals surface area contributed by atoms with Crippen molar-refractivity contribution >= 4 is 38.7 Å². The summed E-state index contributed by atoms with van der Waals surface area (Å²) in [7, 11) is 0. The number of ether oxygens (including phenoxy) is 1. The van der Waals surface area contributed by atoms with Gasteiger partial charge in [-0.2, -0.15) is 0 Å². The molecule has 0 radical (unpaired) electrons. The Morgan fingerprint density at radius 2 is 1.64 bits per heavy atom. The quantitative estimate of drug-likeness (QED) is 0.367. The molecule has 0 fully saturated rings. The first kappa shape index (κ1) is 14.5. The summed E-state index contributed by atoms with van der Waals surface area (Å²) >= 11 is 3.51. The lowest BCUT2D eigenvalue weighted by Crippen LogP contribution is -2.04. The predicted molar refractivity (Wildman–Crippen MR) is 92.8 cm³/mol. The summed E-state index contributed by atoms with van der Waals surface area (Å²) in [6, 6.07) is 21.3. The molecule has 2 nitrogen and oxygen atoms in total. The van der Waals surface area contributed by atoms with Gasteiger partial charge in [-0.1, -0.05) is 60.7 Å². The molecule has 0 aliphatic heterocycles. The van der Waals surface area contributed by atoms with E-state index in [1.165, 1.54) is 6.08 Å². The van der Waals surface area contributed by atoms with Crippen LogP contribution in [0.2, 0.25) is 0 Å². The average Bonchev–Trinajstić information content (AvgIpc) is 2.57. The maximum Gasteiger partial charge on any atom is 0.336 e. The third-order valence-corrected chi connectivity index (χ3v) is 4.07. The molecular weight excluding hydrogens is 340 g/mol. The first-order valence-corrected chi connectivity index (χ1v) is 7.65. The Morgan fingerprint density at radius 3 is 2.45 bits per heavy atom. The van der Waals surface area contributed by atoms with Crippen molar-refractivity contribution in [2.45, 2.75) is 0 Å². The number of carbonyl (C=O) groups is 1. The Balaban J connectivity index is 1.80. The van der Waals surface area contributed by atoms with Crippen molar-refractivity contribution in [2.24, 2.45) is 0 Å². The van der Waals surface area contributed by atoms with E-state index in [-0.39, 0.29) is 0 Å². The molecule has 0 heterocycles. The fourth-order valence-corrected chi connectivity index (χ4v) is 2.74. The van der Waals surface area contributed by atoms with Crippen molar-refractivity contribution in [3.63, 3.8) is 0 Å². The zero-order chi connectivity index (χ0) is 15.4. The van der Waals surface area contributed by atoms with Crippen LogP contribution >= 0.6 is 15.9 Å². The van der Waals surface area contributed by atoms with Crippen LogP contribution in [0.15, 0.2) is 77.3 Å². The van der Waals surface area contributed by atoms with Crippen molar-refractivity contribution in [3.05, 3.63) is 82.8 Å². The van der Waals surface area contributed by atoms with E-state index < -0.39 is 5.97 Å². The van der Waals surface area contributed by atoms with Crippen LogP contribution in [0.25, 0.3) is 16.8 Å². The van der Waals surface area contributed by atoms with Crippen LogP contribution in [0.3, 0.4) is 0 Å². The lowest BCUT2D eigenvalue weighted by molar-refractivity contribution is -0.128. The van der Waals surface area contributed by atoms with E-state index >= 15 is 0 Å². The second-order valence-electron chi connectivity index (χ2n) is 4.76. The fourth-order valence-electron chi connectivity index (χ4n) is 2.16. The topological polar surface area (TPSA) is 26.3 Å². The lowest BCUT2D eigenvalue weighted by atomic mass is 10.1. The summed E-state index contributed by atoms with van der Waals surface area (Å²) in [4.78, 5) is 11.9. The van der Waals surface area contributed by atoms with Gasteiger partial charge >= 0.3 is 5.97 Å². The smallest absolute Gasteiger partial charge is 0.336 e. The van der Waals surface area contributed by atoms with Gasteiger partial charge in [0.05, 0.1) is 4.47 Å². The van der Waals surface area contributed by atoms with Crippen molar-refractivity contribution < 1.29 is 9.53 Å². The zero-order valence-corrected chi connectivity index (χ0v) is 13.3. The number of hydrogen-bond donors (Lipinski definition) is 0. The minimum absolute atomic E-state index is 0.403. The van der Waals surface area contributed by atoms with Gasteiger partial charge in [-0.25, -0.2) is 4.79 Å². The molecule has 0 unspecified atom stereocenters. The Bertz CT molecular complexity index is 838. The number of benzene rings is 3. The van der Waals surface area contributed by atoms with Crippen molar-refractivity contribution in [2.75, 3.05) is 0 Å². The van der Waals surface area contributed by atoms with Crippen LogP contribution in [-0.2, 0) is 4.79 Å². The summed E-state index contributed by atoms with van der Waals surface area (Å²) in [6.45, 7) is 0. The monoisotopic (exact) mass is 352 g/mol. The maximum atomic E-state index is 11.9. The molecule has 3 aromatic carbocycles. The van der Waals surface area contributed by atoms with E-state index in [9.17, 15) is 4.79 Å². The van der Waals surface area contributed by atoms with Crippen LogP contribution in [0.4, 0.5) is 0 Å². The van der Waals surface area contributed by atoms with Gasteiger partial charge in [-0.15, -0.1) is 0 Å². The van der Waals surface area contributed by atoms with E-state index in [1.54, 1.807) is 12.1 Å². The zero-order valence-electron chi connectivity index (χ0n) is 11.7. The molecule has 108 valence electrons. The first-order valence-electron chi connectivity index (χ1n) is 6.86. The minimum atomic E-state index is -0.403. The molecule has 0 bridgehead atoms. The molecule has 0 atom stereocenters. The minimum Gasteiger partial charge on any atom is -0.422 e. The standard InChI is InChI=1S/C19H13BrO2/c20-19-16-9-5-4-8-15(16)11-12-17(19)22-18(21)13-10-14-6-2-1-3-7-14/h1-13H/b13-10+. The highest BCUT2D eigenvalue weighted by Crippen LogP contribution is 2.33. The Kier molecular flexibility index (Phi) is 4.35. The lowest BCUT2D eigenvalue weighted by Gasteiger charge is -2.07. The highest BCUT2D eigenvalue weighted by atomic mass is 79.9. The summed E-state index contributed by atoms with van der Waals surface area (Å²) in [5.41, 5.74) is 0.956. The predicted octanol–water partition coefficient (Wildman–Crippen LogP) is 5.22. The van der Waals surface area contributed by atoms with E-state index in [4.69, 9.17) is 4.74 Å². The largest absolute Gasteiger partial charge is 0.422 e. The van der Waals surface area contributed by atoms with E-state index in [0.717, 1.165) is 20.8 Å². The molecular formula is C19H13BrO2. The highest BCUT2D eigenvalue weighted by Gasteiger charge is 2.08. The number of esters is 1. The highest BCUT2D eigenvalue weighted by molar-refractivity contribution is 9.10. The number of rotatable bonds is 3. The molecule has 3 aromatic rings. The Morgan fingerprint density at radius 1 is 0.909 bits per heavy atom. The summed E-state index contributed by atoms with van der Waals surface area (Å²) in [5, 5.41) is 2.11. The van der Waals surface area contributed by atoms with Gasteiger partial charge in [0, 0.05) is 6.08 Å². The third kappa shape index (κ3) is 3.26. The van der Waals surface area contributed by atoms with Gasteiger partial charge in [0.2, 0.25) is 0 Å². The molecule has 3 heteroatoms. The molecule has 0 saturated heterocycles. The van der Waals surface area contributed by atoms with E-state index in [1.807, 2.05) is 60.7 Å². The average molecular weight is 353 g/mol. The van der Waals surface area contributed by atoms with Crippen LogP contribution in [0.1, 0.15) is 5.56 Å². The number of halogens is 1. The number of hydrogen-bond acceptors (Lipinski definition) is 2. The molecule has 0 N–H and O–H groups in total. The molecule has 0 amide bonds. The molecule has 22 heavy (non-hydrogen) atoms.